The van der Waals surface area contributed by atoms with Gasteiger partial charge in [-0.15, -0.1) is 0 Å². The van der Waals surface area contributed by atoms with Crippen LogP contribution < -0.4 is 0 Å². The lowest BCUT2D eigenvalue weighted by atomic mass is 10.0. The minimum absolute atomic E-state index is 0.0292. The summed E-state index contributed by atoms with van der Waals surface area (Å²) in [7, 11) is 0. The molecule has 2 heteroatoms. The zero-order valence-corrected chi connectivity index (χ0v) is 7.83. The summed E-state index contributed by atoms with van der Waals surface area (Å²) in [5.41, 5.74) is 2.98. The van der Waals surface area contributed by atoms with Crippen LogP contribution in [0.25, 0.3) is 0 Å². The van der Waals surface area contributed by atoms with Crippen molar-refractivity contribution in [3.63, 3.8) is 0 Å². The van der Waals surface area contributed by atoms with E-state index in [0.29, 0.717) is 5.92 Å². The molecule has 0 unspecified atom stereocenters. The van der Waals surface area contributed by atoms with E-state index in [1.807, 2.05) is 13.0 Å². The molecule has 0 amide bonds. The fourth-order valence-electron chi connectivity index (χ4n) is 1.18. The SMILES string of the molecule is Cc1cc(C(C)C)cc(CO)n1. The van der Waals surface area contributed by atoms with Gasteiger partial charge in [-0.2, -0.15) is 0 Å². The van der Waals surface area contributed by atoms with E-state index in [4.69, 9.17) is 5.11 Å². The van der Waals surface area contributed by atoms with E-state index in [0.717, 1.165) is 11.4 Å². The maximum absolute atomic E-state index is 8.91. The van der Waals surface area contributed by atoms with Gasteiger partial charge < -0.3 is 5.11 Å². The van der Waals surface area contributed by atoms with E-state index >= 15 is 0 Å². The predicted octanol–water partition coefficient (Wildman–Crippen LogP) is 2.01. The van der Waals surface area contributed by atoms with Crippen LogP contribution in [0.15, 0.2) is 12.1 Å². The molecule has 1 aromatic rings. The van der Waals surface area contributed by atoms with E-state index in [-0.39, 0.29) is 6.61 Å². The van der Waals surface area contributed by atoms with E-state index in [2.05, 4.69) is 24.9 Å². The summed E-state index contributed by atoms with van der Waals surface area (Å²) in [6.45, 7) is 6.25. The second-order valence-corrected chi connectivity index (χ2v) is 3.35. The highest BCUT2D eigenvalue weighted by Crippen LogP contribution is 2.15. The first-order valence-corrected chi connectivity index (χ1v) is 4.22. The van der Waals surface area contributed by atoms with Crippen LogP contribution in [0.5, 0.6) is 0 Å². The molecule has 0 aliphatic rings. The first-order valence-electron chi connectivity index (χ1n) is 4.22. The average Bonchev–Trinajstić information content (AvgIpc) is 2.03. The topological polar surface area (TPSA) is 33.1 Å². The van der Waals surface area contributed by atoms with E-state index < -0.39 is 0 Å². The smallest absolute Gasteiger partial charge is 0.0853 e. The van der Waals surface area contributed by atoms with Crippen molar-refractivity contribution < 1.29 is 5.11 Å². The molecule has 0 aliphatic carbocycles. The number of hydrogen-bond acceptors (Lipinski definition) is 2. The van der Waals surface area contributed by atoms with Crippen molar-refractivity contribution >= 4 is 0 Å². The van der Waals surface area contributed by atoms with Gasteiger partial charge in [0.15, 0.2) is 0 Å². The van der Waals surface area contributed by atoms with Gasteiger partial charge in [-0.25, -0.2) is 0 Å². The molecule has 0 saturated heterocycles. The van der Waals surface area contributed by atoms with Gasteiger partial charge in [0.05, 0.1) is 12.3 Å². The summed E-state index contributed by atoms with van der Waals surface area (Å²) in [6.07, 6.45) is 0. The minimum Gasteiger partial charge on any atom is -0.390 e. The number of rotatable bonds is 2. The Labute approximate surface area is 73.3 Å². The molecule has 0 fully saturated rings. The van der Waals surface area contributed by atoms with Gasteiger partial charge in [-0.3, -0.25) is 4.98 Å². The fraction of sp³-hybridized carbons (Fsp3) is 0.500. The van der Waals surface area contributed by atoms with Crippen molar-refractivity contribution in [2.24, 2.45) is 0 Å². The molecule has 0 aliphatic heterocycles. The first kappa shape index (κ1) is 9.20. The normalized spacial score (nSPS) is 10.8. The highest BCUT2D eigenvalue weighted by molar-refractivity contribution is 5.23. The van der Waals surface area contributed by atoms with Crippen LogP contribution in [0.1, 0.15) is 36.7 Å². The van der Waals surface area contributed by atoms with Crippen molar-refractivity contribution in [3.05, 3.63) is 29.1 Å². The molecular formula is C10H15NO. The number of aromatic nitrogens is 1. The average molecular weight is 165 g/mol. The Morgan fingerprint density at radius 2 is 2.08 bits per heavy atom. The molecule has 12 heavy (non-hydrogen) atoms. The largest absolute Gasteiger partial charge is 0.390 e. The number of hydrogen-bond donors (Lipinski definition) is 1. The van der Waals surface area contributed by atoms with Gasteiger partial charge in [-0.05, 0) is 30.5 Å². The second kappa shape index (κ2) is 3.68. The van der Waals surface area contributed by atoms with Crippen LogP contribution in [0.2, 0.25) is 0 Å². The van der Waals surface area contributed by atoms with Gasteiger partial charge in [-0.1, -0.05) is 13.8 Å². The van der Waals surface area contributed by atoms with E-state index in [9.17, 15) is 0 Å². The summed E-state index contributed by atoms with van der Waals surface area (Å²) in [5.74, 6) is 0.497. The van der Waals surface area contributed by atoms with Crippen LogP contribution >= 0.6 is 0 Å². The monoisotopic (exact) mass is 165 g/mol. The number of pyridine rings is 1. The summed E-state index contributed by atoms with van der Waals surface area (Å²) in [4.78, 5) is 4.18. The highest BCUT2D eigenvalue weighted by Gasteiger charge is 2.02. The molecule has 0 aromatic carbocycles. The van der Waals surface area contributed by atoms with Gasteiger partial charge in [0.1, 0.15) is 0 Å². The van der Waals surface area contributed by atoms with Crippen LogP contribution in [0, 0.1) is 6.92 Å². The second-order valence-electron chi connectivity index (χ2n) is 3.35. The number of aryl methyl sites for hydroxylation is 1. The predicted molar refractivity (Wildman–Crippen MR) is 49.0 cm³/mol. The van der Waals surface area contributed by atoms with Crippen molar-refractivity contribution in [1.29, 1.82) is 0 Å². The Morgan fingerprint density at radius 3 is 2.58 bits per heavy atom. The minimum atomic E-state index is 0.0292. The third kappa shape index (κ3) is 2.05. The van der Waals surface area contributed by atoms with Crippen molar-refractivity contribution in [2.75, 3.05) is 0 Å². The van der Waals surface area contributed by atoms with Crippen molar-refractivity contribution in [2.45, 2.75) is 33.3 Å². The molecule has 1 aromatic heterocycles. The Hall–Kier alpha value is -0.890. The molecular weight excluding hydrogens is 150 g/mol. The molecule has 1 N–H and O–H groups in total. The highest BCUT2D eigenvalue weighted by atomic mass is 16.3. The van der Waals surface area contributed by atoms with Gasteiger partial charge >= 0.3 is 0 Å². The van der Waals surface area contributed by atoms with Gasteiger partial charge in [0.2, 0.25) is 0 Å². The summed E-state index contributed by atoms with van der Waals surface area (Å²) in [6, 6.07) is 4.02. The third-order valence-corrected chi connectivity index (χ3v) is 1.86. The lowest BCUT2D eigenvalue weighted by molar-refractivity contribution is 0.276. The maximum atomic E-state index is 8.91. The fourth-order valence-corrected chi connectivity index (χ4v) is 1.18. The number of aliphatic hydroxyl groups is 1. The zero-order valence-electron chi connectivity index (χ0n) is 7.83. The molecule has 0 bridgehead atoms. The summed E-state index contributed by atoms with van der Waals surface area (Å²) in [5, 5.41) is 8.91. The number of aliphatic hydroxyl groups excluding tert-OH is 1. The Morgan fingerprint density at radius 1 is 1.42 bits per heavy atom. The molecule has 1 heterocycles. The summed E-state index contributed by atoms with van der Waals surface area (Å²) < 4.78 is 0. The lowest BCUT2D eigenvalue weighted by Crippen LogP contribution is -1.96. The van der Waals surface area contributed by atoms with Crippen LogP contribution in [0.4, 0.5) is 0 Å². The Bertz CT molecular complexity index is 269. The summed E-state index contributed by atoms with van der Waals surface area (Å²) >= 11 is 0. The number of nitrogens with zero attached hydrogens (tertiary/aromatic N) is 1. The molecule has 66 valence electrons. The molecule has 0 atom stereocenters. The molecule has 1 rings (SSSR count). The van der Waals surface area contributed by atoms with Crippen molar-refractivity contribution in [3.8, 4) is 0 Å². The van der Waals surface area contributed by atoms with Gasteiger partial charge in [0, 0.05) is 5.69 Å². The zero-order chi connectivity index (χ0) is 9.14. The van der Waals surface area contributed by atoms with E-state index in [1.165, 1.54) is 5.56 Å². The van der Waals surface area contributed by atoms with E-state index in [1.54, 1.807) is 0 Å². The van der Waals surface area contributed by atoms with Crippen LogP contribution in [-0.4, -0.2) is 10.1 Å². The van der Waals surface area contributed by atoms with Gasteiger partial charge in [0.25, 0.3) is 0 Å². The van der Waals surface area contributed by atoms with Crippen LogP contribution in [0.3, 0.4) is 0 Å². The Kier molecular flexibility index (Phi) is 2.82. The van der Waals surface area contributed by atoms with Crippen LogP contribution in [-0.2, 0) is 6.61 Å². The Balaban J connectivity index is 3.06. The maximum Gasteiger partial charge on any atom is 0.0853 e. The molecule has 0 spiro atoms. The van der Waals surface area contributed by atoms with Crippen molar-refractivity contribution in [1.82, 2.24) is 4.98 Å². The third-order valence-electron chi connectivity index (χ3n) is 1.86. The molecule has 0 saturated carbocycles. The quantitative estimate of drug-likeness (QED) is 0.727. The lowest BCUT2D eigenvalue weighted by Gasteiger charge is -2.07. The first-order chi connectivity index (χ1) is 5.63. The standard InChI is InChI=1S/C10H15NO/c1-7(2)9-4-8(3)11-10(5-9)6-12/h4-5,7,12H,6H2,1-3H3. The molecule has 0 radical (unpaired) electrons. The molecule has 2 nitrogen and oxygen atoms in total.